The van der Waals surface area contributed by atoms with Gasteiger partial charge in [-0.1, -0.05) is 67.8 Å². The molecule has 1 aliphatic rings. The third-order valence-corrected chi connectivity index (χ3v) is 7.57. The molecule has 1 unspecified atom stereocenters. The Bertz CT molecular complexity index is 1170. The summed E-state index contributed by atoms with van der Waals surface area (Å²) in [5, 5.41) is 3.78. The molecule has 0 aliphatic heterocycles. The van der Waals surface area contributed by atoms with Crippen LogP contribution in [0.5, 0.6) is 0 Å². The molecule has 1 aromatic heterocycles. The number of fused-ring (bicyclic) bond motifs is 1. The number of rotatable bonds is 6. The Kier molecular flexibility index (Phi) is 6.07. The van der Waals surface area contributed by atoms with Crippen LogP contribution < -0.4 is 10.0 Å². The molecule has 1 amide bonds. The number of sulfonamides is 1. The average Bonchev–Trinajstić information content (AvgIpc) is 2.79. The van der Waals surface area contributed by atoms with Gasteiger partial charge in [-0.05, 0) is 37.5 Å². The molecule has 4 rings (SSSR count). The maximum Gasteiger partial charge on any atom is 0.243 e. The van der Waals surface area contributed by atoms with Gasteiger partial charge in [0.1, 0.15) is 10.4 Å². The highest BCUT2D eigenvalue weighted by Crippen LogP contribution is 2.32. The van der Waals surface area contributed by atoms with Crippen molar-refractivity contribution in [3.8, 4) is 0 Å². The van der Waals surface area contributed by atoms with E-state index in [1.807, 2.05) is 49.4 Å². The molecule has 1 saturated carbocycles. The SMILES string of the molecule is CC(NC(=O)C1(NS(=O)(=O)c2cccc3cccnc23)CCCCC1)c1ccccc1. The fourth-order valence-electron chi connectivity index (χ4n) is 4.30. The van der Waals surface area contributed by atoms with Gasteiger partial charge in [0.2, 0.25) is 15.9 Å². The van der Waals surface area contributed by atoms with E-state index in [0.717, 1.165) is 30.2 Å². The number of nitrogens with zero attached hydrogens (tertiary/aromatic N) is 1. The van der Waals surface area contributed by atoms with E-state index in [-0.39, 0.29) is 16.8 Å². The van der Waals surface area contributed by atoms with Crippen molar-refractivity contribution in [1.29, 1.82) is 0 Å². The molecular formula is C24H27N3O3S. The molecule has 1 fully saturated rings. The quantitative estimate of drug-likeness (QED) is 0.608. The van der Waals surface area contributed by atoms with Crippen molar-refractivity contribution in [2.75, 3.05) is 0 Å². The van der Waals surface area contributed by atoms with Crippen LogP contribution in [-0.4, -0.2) is 24.8 Å². The molecule has 0 saturated heterocycles. The monoisotopic (exact) mass is 437 g/mol. The Labute approximate surface area is 183 Å². The second-order valence-corrected chi connectivity index (χ2v) is 9.84. The first-order valence-corrected chi connectivity index (χ1v) is 12.1. The highest BCUT2D eigenvalue weighted by atomic mass is 32.2. The van der Waals surface area contributed by atoms with Crippen molar-refractivity contribution in [3.63, 3.8) is 0 Å². The Hall–Kier alpha value is -2.77. The summed E-state index contributed by atoms with van der Waals surface area (Å²) >= 11 is 0. The minimum atomic E-state index is -3.96. The number of hydrogen-bond acceptors (Lipinski definition) is 4. The lowest BCUT2D eigenvalue weighted by Crippen LogP contribution is -2.59. The fraction of sp³-hybridized carbons (Fsp3) is 0.333. The summed E-state index contributed by atoms with van der Waals surface area (Å²) in [6.07, 6.45) is 5.09. The van der Waals surface area contributed by atoms with Gasteiger partial charge < -0.3 is 5.32 Å². The van der Waals surface area contributed by atoms with Crippen LogP contribution in [0.3, 0.4) is 0 Å². The molecule has 1 atom stereocenters. The third-order valence-electron chi connectivity index (χ3n) is 6.00. The number of nitrogens with one attached hydrogen (secondary N) is 2. The first-order valence-electron chi connectivity index (χ1n) is 10.6. The van der Waals surface area contributed by atoms with Crippen LogP contribution in [0.4, 0.5) is 0 Å². The number of benzene rings is 2. The van der Waals surface area contributed by atoms with Gasteiger partial charge in [-0.3, -0.25) is 9.78 Å². The van der Waals surface area contributed by atoms with Crippen molar-refractivity contribution in [2.45, 2.75) is 55.5 Å². The van der Waals surface area contributed by atoms with Gasteiger partial charge in [-0.25, -0.2) is 8.42 Å². The molecule has 6 nitrogen and oxygen atoms in total. The van der Waals surface area contributed by atoms with Gasteiger partial charge in [0.25, 0.3) is 0 Å². The summed E-state index contributed by atoms with van der Waals surface area (Å²) < 4.78 is 29.7. The van der Waals surface area contributed by atoms with Crippen LogP contribution in [0.1, 0.15) is 50.6 Å². The summed E-state index contributed by atoms with van der Waals surface area (Å²) in [6.45, 7) is 1.91. The van der Waals surface area contributed by atoms with Gasteiger partial charge in [-0.2, -0.15) is 4.72 Å². The standard InChI is InChI=1S/C24H27N3O3S/c1-18(19-10-4-2-5-11-19)26-23(28)24(15-6-3-7-16-24)27-31(29,30)21-14-8-12-20-13-9-17-25-22(20)21/h2,4-5,8-14,17-18,27H,3,6-7,15-16H2,1H3,(H,26,28). The van der Waals surface area contributed by atoms with E-state index in [2.05, 4.69) is 15.0 Å². The summed E-state index contributed by atoms with van der Waals surface area (Å²) in [6, 6.07) is 18.1. The highest BCUT2D eigenvalue weighted by molar-refractivity contribution is 7.89. The first kappa shape index (κ1) is 21.5. The minimum absolute atomic E-state index is 0.0967. The van der Waals surface area contributed by atoms with Gasteiger partial charge >= 0.3 is 0 Å². The van der Waals surface area contributed by atoms with Crippen LogP contribution in [0.15, 0.2) is 71.8 Å². The van der Waals surface area contributed by atoms with E-state index in [1.54, 1.807) is 24.4 Å². The predicted octanol–water partition coefficient (Wildman–Crippen LogP) is 4.09. The Morgan fingerprint density at radius 1 is 0.968 bits per heavy atom. The molecular weight excluding hydrogens is 410 g/mol. The zero-order valence-electron chi connectivity index (χ0n) is 17.5. The van der Waals surface area contributed by atoms with Crippen molar-refractivity contribution < 1.29 is 13.2 Å². The van der Waals surface area contributed by atoms with Crippen molar-refractivity contribution in [3.05, 3.63) is 72.4 Å². The topological polar surface area (TPSA) is 88.2 Å². The number of amides is 1. The Balaban J connectivity index is 1.65. The lowest BCUT2D eigenvalue weighted by molar-refractivity contribution is -0.128. The lowest BCUT2D eigenvalue weighted by atomic mass is 9.81. The normalized spacial score (nSPS) is 17.2. The molecule has 1 aliphatic carbocycles. The van der Waals surface area contributed by atoms with E-state index in [4.69, 9.17) is 0 Å². The summed E-state index contributed by atoms with van der Waals surface area (Å²) in [4.78, 5) is 17.8. The number of para-hydroxylation sites is 1. The number of carbonyl (C=O) groups excluding carboxylic acids is 1. The molecule has 2 aromatic carbocycles. The summed E-state index contributed by atoms with van der Waals surface area (Å²) in [5.74, 6) is -0.277. The molecule has 0 bridgehead atoms. The van der Waals surface area contributed by atoms with Crippen molar-refractivity contribution >= 4 is 26.8 Å². The van der Waals surface area contributed by atoms with Crippen LogP contribution in [0.25, 0.3) is 10.9 Å². The fourth-order valence-corrected chi connectivity index (χ4v) is 5.90. The molecule has 31 heavy (non-hydrogen) atoms. The van der Waals surface area contributed by atoms with E-state index in [0.29, 0.717) is 18.4 Å². The average molecular weight is 438 g/mol. The first-order chi connectivity index (χ1) is 14.9. The van der Waals surface area contributed by atoms with Crippen LogP contribution in [0.2, 0.25) is 0 Å². The number of pyridine rings is 1. The highest BCUT2D eigenvalue weighted by Gasteiger charge is 2.43. The van der Waals surface area contributed by atoms with Crippen molar-refractivity contribution in [1.82, 2.24) is 15.0 Å². The zero-order chi connectivity index (χ0) is 21.9. The molecule has 3 aromatic rings. The maximum atomic E-state index is 13.4. The predicted molar refractivity (Wildman–Crippen MR) is 121 cm³/mol. The zero-order valence-corrected chi connectivity index (χ0v) is 18.4. The van der Waals surface area contributed by atoms with Crippen LogP contribution >= 0.6 is 0 Å². The molecule has 162 valence electrons. The lowest BCUT2D eigenvalue weighted by Gasteiger charge is -2.37. The number of hydrogen-bond donors (Lipinski definition) is 2. The van der Waals surface area contributed by atoms with E-state index < -0.39 is 15.6 Å². The largest absolute Gasteiger partial charge is 0.348 e. The Morgan fingerprint density at radius 2 is 1.68 bits per heavy atom. The summed E-state index contributed by atoms with van der Waals surface area (Å²) in [7, 11) is -3.96. The molecule has 0 radical (unpaired) electrons. The molecule has 2 N–H and O–H groups in total. The second kappa shape index (κ2) is 8.77. The molecule has 0 spiro atoms. The van der Waals surface area contributed by atoms with E-state index >= 15 is 0 Å². The third kappa shape index (κ3) is 4.48. The van der Waals surface area contributed by atoms with Crippen LogP contribution in [0, 0.1) is 0 Å². The van der Waals surface area contributed by atoms with Crippen LogP contribution in [-0.2, 0) is 14.8 Å². The maximum absolute atomic E-state index is 13.4. The van der Waals surface area contributed by atoms with Gasteiger partial charge in [0.05, 0.1) is 11.6 Å². The summed E-state index contributed by atoms with van der Waals surface area (Å²) in [5.41, 5.74) is 0.210. The second-order valence-electron chi connectivity index (χ2n) is 8.19. The number of carbonyl (C=O) groups is 1. The van der Waals surface area contributed by atoms with Crippen molar-refractivity contribution in [2.24, 2.45) is 0 Å². The molecule has 7 heteroatoms. The van der Waals surface area contributed by atoms with E-state index in [9.17, 15) is 13.2 Å². The van der Waals surface area contributed by atoms with Gasteiger partial charge in [0, 0.05) is 11.6 Å². The van der Waals surface area contributed by atoms with Gasteiger partial charge in [-0.15, -0.1) is 0 Å². The van der Waals surface area contributed by atoms with Gasteiger partial charge in [0.15, 0.2) is 0 Å². The number of aromatic nitrogens is 1. The molecule has 1 heterocycles. The Morgan fingerprint density at radius 3 is 2.42 bits per heavy atom. The minimum Gasteiger partial charge on any atom is -0.348 e. The van der Waals surface area contributed by atoms with E-state index in [1.165, 1.54) is 0 Å². The smallest absolute Gasteiger partial charge is 0.243 e.